The van der Waals surface area contributed by atoms with Gasteiger partial charge in [0.05, 0.1) is 22.9 Å². The van der Waals surface area contributed by atoms with Gasteiger partial charge in [-0.05, 0) is 18.2 Å². The number of aliphatic imine (C=N–C) groups is 1. The Morgan fingerprint density at radius 3 is 1.73 bits per heavy atom. The highest BCUT2D eigenvalue weighted by atomic mass is 79.9. The summed E-state index contributed by atoms with van der Waals surface area (Å²) >= 11 is 0. The molecule has 3 rings (SSSR count). The molecule has 3 heterocycles. The predicted octanol–water partition coefficient (Wildman–Crippen LogP) is 1.46. The summed E-state index contributed by atoms with van der Waals surface area (Å²) in [6.45, 7) is 0.338. The Labute approximate surface area is 223 Å². The van der Waals surface area contributed by atoms with Crippen molar-refractivity contribution < 1.29 is 19.2 Å². The van der Waals surface area contributed by atoms with Crippen LogP contribution in [0.3, 0.4) is 0 Å². The van der Waals surface area contributed by atoms with Crippen LogP contribution in [0.25, 0.3) is 0 Å². The van der Waals surface area contributed by atoms with E-state index in [0.29, 0.717) is 59.4 Å². The number of aromatic nitrogens is 3. The van der Waals surface area contributed by atoms with E-state index in [1.807, 2.05) is 0 Å². The lowest BCUT2D eigenvalue weighted by Gasteiger charge is -2.05. The molecule has 0 aliphatic heterocycles. The summed E-state index contributed by atoms with van der Waals surface area (Å²) in [5, 5.41) is 10.8. The van der Waals surface area contributed by atoms with Crippen LogP contribution in [0.4, 0.5) is 17.1 Å². The number of hydrogen-bond acceptors (Lipinski definition) is 5. The summed E-state index contributed by atoms with van der Waals surface area (Å²) in [4.78, 5) is 52.5. The molecular formula is C23H30BrN9O4. The van der Waals surface area contributed by atoms with Gasteiger partial charge in [-0.15, -0.1) is 17.0 Å². The number of nitrogens with two attached hydrogens (primary N) is 1. The molecule has 13 nitrogen and oxygen atoms in total. The fourth-order valence-electron chi connectivity index (χ4n) is 3.55. The van der Waals surface area contributed by atoms with Gasteiger partial charge in [-0.25, -0.2) is 0 Å². The van der Waals surface area contributed by atoms with Crippen molar-refractivity contribution in [1.29, 1.82) is 0 Å². The number of rotatable bonds is 10. The van der Waals surface area contributed by atoms with Crippen molar-refractivity contribution >= 4 is 64.0 Å². The maximum Gasteiger partial charge on any atom is 0.272 e. The van der Waals surface area contributed by atoms with Crippen molar-refractivity contribution in [2.75, 3.05) is 29.5 Å². The van der Waals surface area contributed by atoms with Gasteiger partial charge in [-0.3, -0.25) is 24.2 Å². The van der Waals surface area contributed by atoms with Crippen LogP contribution in [0.15, 0.2) is 41.8 Å². The number of aryl methyl sites for hydroxylation is 3. The molecule has 0 atom stereocenters. The van der Waals surface area contributed by atoms with E-state index in [2.05, 4.69) is 26.3 Å². The third-order valence-electron chi connectivity index (χ3n) is 5.41. The van der Waals surface area contributed by atoms with Crippen molar-refractivity contribution in [2.24, 2.45) is 31.9 Å². The number of nitrogens with zero attached hydrogens (tertiary/aromatic N) is 4. The minimum absolute atomic E-state index is 0. The summed E-state index contributed by atoms with van der Waals surface area (Å²) in [5.74, 6) is -0.687. The normalized spacial score (nSPS) is 10.9. The monoisotopic (exact) mass is 575 g/mol. The number of amides is 4. The number of amidine groups is 1. The molecule has 0 radical (unpaired) electrons. The maximum atomic E-state index is 12.9. The standard InChI is InChI=1S/C23H29N9O4.BrH/c1-25-20(24)5-6-26-21(34)17-8-15(11-31(17)3)28-23(36)19-9-16(12-32(19)4)29-22(35)18-7-14(27-13-33)10-30(18)2;/h7-13H,5-6H2,1-4H3,(H2,24,25)(H,26,34)(H,27,33)(H,28,36)(H,29,35);1H. The zero-order valence-electron chi connectivity index (χ0n) is 20.9. The molecule has 198 valence electrons. The SMILES string of the molecule is Br.CN=C(N)CCNC(=O)c1cc(NC(=O)c2cc(NC(=O)c3cc(NC=O)cn3C)cn2C)cn1C. The quantitative estimate of drug-likeness (QED) is 0.140. The second-order valence-corrected chi connectivity index (χ2v) is 8.07. The average Bonchev–Trinajstić information content (AvgIpc) is 3.49. The first-order chi connectivity index (χ1) is 17.1. The van der Waals surface area contributed by atoms with E-state index in [-0.39, 0.29) is 22.9 Å². The molecule has 3 aromatic rings. The Balaban J connectivity index is 0.00000481. The minimum Gasteiger partial charge on any atom is -0.387 e. The van der Waals surface area contributed by atoms with Crippen LogP contribution in [0.1, 0.15) is 37.9 Å². The van der Waals surface area contributed by atoms with Crippen LogP contribution >= 0.6 is 17.0 Å². The van der Waals surface area contributed by atoms with Gasteiger partial charge >= 0.3 is 0 Å². The van der Waals surface area contributed by atoms with Crippen LogP contribution in [0.5, 0.6) is 0 Å². The van der Waals surface area contributed by atoms with Crippen molar-refractivity contribution in [3.05, 3.63) is 53.9 Å². The second-order valence-electron chi connectivity index (χ2n) is 8.07. The summed E-state index contributed by atoms with van der Waals surface area (Å²) in [6, 6.07) is 4.64. The Morgan fingerprint density at radius 1 is 0.838 bits per heavy atom. The van der Waals surface area contributed by atoms with E-state index < -0.39 is 11.8 Å². The maximum absolute atomic E-state index is 12.9. The van der Waals surface area contributed by atoms with Crippen molar-refractivity contribution in [2.45, 2.75) is 6.42 Å². The molecule has 0 aliphatic rings. The van der Waals surface area contributed by atoms with Crippen LogP contribution in [0.2, 0.25) is 0 Å². The van der Waals surface area contributed by atoms with Crippen molar-refractivity contribution in [3.8, 4) is 0 Å². The number of hydrogen-bond donors (Lipinski definition) is 5. The van der Waals surface area contributed by atoms with Crippen LogP contribution < -0.4 is 27.0 Å². The number of halogens is 1. The molecule has 0 aromatic carbocycles. The molecule has 0 saturated carbocycles. The van der Waals surface area contributed by atoms with Gasteiger partial charge < -0.3 is 40.7 Å². The Bertz CT molecular complexity index is 1340. The number of anilines is 3. The Hall–Kier alpha value is -4.33. The van der Waals surface area contributed by atoms with Crippen molar-refractivity contribution in [3.63, 3.8) is 0 Å². The van der Waals surface area contributed by atoms with Gasteiger partial charge in [-0.2, -0.15) is 0 Å². The van der Waals surface area contributed by atoms with Crippen molar-refractivity contribution in [1.82, 2.24) is 19.0 Å². The van der Waals surface area contributed by atoms with Gasteiger partial charge in [0.1, 0.15) is 17.1 Å². The molecule has 37 heavy (non-hydrogen) atoms. The Morgan fingerprint density at radius 2 is 1.27 bits per heavy atom. The molecule has 0 bridgehead atoms. The smallest absolute Gasteiger partial charge is 0.272 e. The van der Waals surface area contributed by atoms with Gasteiger partial charge in [-0.1, -0.05) is 0 Å². The van der Waals surface area contributed by atoms with E-state index in [4.69, 9.17) is 5.73 Å². The van der Waals surface area contributed by atoms with Crippen LogP contribution in [-0.2, 0) is 25.9 Å². The zero-order chi connectivity index (χ0) is 26.4. The molecule has 3 aromatic heterocycles. The van der Waals surface area contributed by atoms with E-state index in [0.717, 1.165) is 0 Å². The average molecular weight is 576 g/mol. The molecule has 6 N–H and O–H groups in total. The molecule has 0 aliphatic carbocycles. The minimum atomic E-state index is -0.418. The summed E-state index contributed by atoms with van der Waals surface area (Å²) in [7, 11) is 6.63. The Kier molecular flexibility index (Phi) is 9.82. The number of nitrogens with one attached hydrogen (secondary N) is 4. The van der Waals surface area contributed by atoms with E-state index in [1.54, 1.807) is 66.5 Å². The lowest BCUT2D eigenvalue weighted by molar-refractivity contribution is -0.105. The first-order valence-corrected chi connectivity index (χ1v) is 10.9. The van der Waals surface area contributed by atoms with Crippen LogP contribution in [-0.4, -0.2) is 57.3 Å². The summed E-state index contributed by atoms with van der Waals surface area (Å²) in [6.07, 6.45) is 5.80. The fraction of sp³-hybridized carbons (Fsp3) is 0.261. The lowest BCUT2D eigenvalue weighted by Crippen LogP contribution is -2.29. The topological polar surface area (TPSA) is 170 Å². The van der Waals surface area contributed by atoms with Gasteiger partial charge in [0.25, 0.3) is 17.7 Å². The molecule has 0 fully saturated rings. The van der Waals surface area contributed by atoms with Gasteiger partial charge in [0.2, 0.25) is 6.41 Å². The highest BCUT2D eigenvalue weighted by Gasteiger charge is 2.18. The largest absolute Gasteiger partial charge is 0.387 e. The molecule has 0 spiro atoms. The first-order valence-electron chi connectivity index (χ1n) is 10.9. The third-order valence-corrected chi connectivity index (χ3v) is 5.41. The van der Waals surface area contributed by atoms with E-state index >= 15 is 0 Å². The summed E-state index contributed by atoms with van der Waals surface area (Å²) < 4.78 is 4.76. The zero-order valence-corrected chi connectivity index (χ0v) is 22.6. The third kappa shape index (κ3) is 7.10. The summed E-state index contributed by atoms with van der Waals surface area (Å²) in [5.41, 5.74) is 7.97. The van der Waals surface area contributed by atoms with E-state index in [1.165, 1.54) is 12.1 Å². The number of carbonyl (C=O) groups excluding carboxylic acids is 4. The number of carbonyl (C=O) groups is 4. The van der Waals surface area contributed by atoms with Gasteiger partial charge in [0, 0.05) is 59.7 Å². The lowest BCUT2D eigenvalue weighted by atomic mass is 10.3. The fourth-order valence-corrected chi connectivity index (χ4v) is 3.55. The van der Waals surface area contributed by atoms with Gasteiger partial charge in [0.15, 0.2) is 0 Å². The molecular weight excluding hydrogens is 546 g/mol. The first kappa shape index (κ1) is 28.9. The molecule has 0 saturated heterocycles. The predicted molar refractivity (Wildman–Crippen MR) is 147 cm³/mol. The second kappa shape index (κ2) is 12.6. The highest BCUT2D eigenvalue weighted by molar-refractivity contribution is 8.93. The molecule has 14 heteroatoms. The highest BCUT2D eigenvalue weighted by Crippen LogP contribution is 2.19. The van der Waals surface area contributed by atoms with E-state index in [9.17, 15) is 19.2 Å². The molecule has 0 unspecified atom stereocenters. The van der Waals surface area contributed by atoms with Crippen LogP contribution in [0, 0.1) is 0 Å². The molecule has 4 amide bonds.